The zero-order valence-corrected chi connectivity index (χ0v) is 30.1. The van der Waals surface area contributed by atoms with Gasteiger partial charge in [-0.25, -0.2) is 0 Å². The van der Waals surface area contributed by atoms with Gasteiger partial charge in [0.25, 0.3) is 0 Å². The molecule has 0 aromatic heterocycles. The molecule has 0 aliphatic heterocycles. The Morgan fingerprint density at radius 1 is 0.434 bits per heavy atom. The van der Waals surface area contributed by atoms with Gasteiger partial charge in [-0.1, -0.05) is 178 Å². The van der Waals surface area contributed by atoms with Gasteiger partial charge in [0.05, 0.1) is 16.8 Å². The van der Waals surface area contributed by atoms with E-state index >= 15 is 0 Å². The van der Waals surface area contributed by atoms with Crippen molar-refractivity contribution < 1.29 is 0 Å². The zero-order valence-electron chi connectivity index (χ0n) is 30.1. The standard InChI is InChI=1S/C52H39N/c1-51(2)42-24-11-6-20-37(42)40-32-31-35(33-47(40)51)53(48-29-15-10-19-36(48)34-17-4-3-5-18-34)49-30-16-28-46-50(49)41-23-9-14-27-45(41)52(46)43-25-12-7-21-38(43)39-22-8-13-26-44(39)52/h3-32,47H,33H2,1-2H3. The Hall–Kier alpha value is -6.18. The van der Waals surface area contributed by atoms with E-state index in [4.69, 9.17) is 0 Å². The highest BCUT2D eigenvalue weighted by atomic mass is 15.2. The van der Waals surface area contributed by atoms with Crippen LogP contribution in [-0.4, -0.2) is 0 Å². The van der Waals surface area contributed by atoms with E-state index in [1.165, 1.54) is 89.4 Å². The molecule has 53 heavy (non-hydrogen) atoms. The van der Waals surface area contributed by atoms with E-state index in [0.29, 0.717) is 5.92 Å². The van der Waals surface area contributed by atoms with Gasteiger partial charge in [0.1, 0.15) is 0 Å². The van der Waals surface area contributed by atoms with Crippen molar-refractivity contribution in [1.29, 1.82) is 0 Å². The summed E-state index contributed by atoms with van der Waals surface area (Å²) in [5.41, 5.74) is 20.9. The smallest absolute Gasteiger partial charge is 0.0726 e. The lowest BCUT2D eigenvalue weighted by molar-refractivity contribution is 0.406. The number of hydrogen-bond donors (Lipinski definition) is 0. The first kappa shape index (κ1) is 30.4. The van der Waals surface area contributed by atoms with Crippen LogP contribution >= 0.6 is 0 Å². The van der Waals surface area contributed by atoms with Crippen molar-refractivity contribution in [1.82, 2.24) is 0 Å². The fourth-order valence-corrected chi connectivity index (χ4v) is 10.5. The van der Waals surface area contributed by atoms with Gasteiger partial charge < -0.3 is 4.90 Å². The molecule has 0 fully saturated rings. The summed E-state index contributed by atoms with van der Waals surface area (Å²) in [6.07, 6.45) is 5.79. The van der Waals surface area contributed by atoms with Crippen LogP contribution in [0.5, 0.6) is 0 Å². The molecule has 1 atom stereocenters. The molecular weight excluding hydrogens is 639 g/mol. The van der Waals surface area contributed by atoms with Crippen molar-refractivity contribution in [2.24, 2.45) is 5.92 Å². The Kier molecular flexibility index (Phi) is 6.41. The molecule has 11 rings (SSSR count). The molecule has 7 aromatic rings. The highest BCUT2D eigenvalue weighted by Gasteiger charge is 2.52. The number of allylic oxidation sites excluding steroid dienone is 4. The predicted octanol–water partition coefficient (Wildman–Crippen LogP) is 13.1. The monoisotopic (exact) mass is 677 g/mol. The Morgan fingerprint density at radius 3 is 1.64 bits per heavy atom. The topological polar surface area (TPSA) is 3.24 Å². The predicted molar refractivity (Wildman–Crippen MR) is 220 cm³/mol. The summed E-state index contributed by atoms with van der Waals surface area (Å²) in [5.74, 6) is 0.371. The highest BCUT2D eigenvalue weighted by molar-refractivity contribution is 6.01. The normalized spacial score (nSPS) is 17.5. The Morgan fingerprint density at radius 2 is 0.943 bits per heavy atom. The van der Waals surface area contributed by atoms with Gasteiger partial charge in [-0.2, -0.15) is 0 Å². The molecule has 0 saturated carbocycles. The molecule has 4 aliphatic carbocycles. The molecule has 1 spiro atoms. The van der Waals surface area contributed by atoms with Crippen molar-refractivity contribution in [2.45, 2.75) is 31.1 Å². The van der Waals surface area contributed by atoms with Crippen LogP contribution in [0.2, 0.25) is 0 Å². The van der Waals surface area contributed by atoms with Crippen LogP contribution in [-0.2, 0) is 10.8 Å². The van der Waals surface area contributed by atoms with Gasteiger partial charge >= 0.3 is 0 Å². The lowest BCUT2D eigenvalue weighted by atomic mass is 9.70. The van der Waals surface area contributed by atoms with Crippen LogP contribution in [0.15, 0.2) is 188 Å². The summed E-state index contributed by atoms with van der Waals surface area (Å²) < 4.78 is 0. The molecule has 0 amide bonds. The molecule has 0 saturated heterocycles. The minimum absolute atomic E-state index is 0.0130. The lowest BCUT2D eigenvalue weighted by Gasteiger charge is -2.38. The van der Waals surface area contributed by atoms with Crippen molar-refractivity contribution in [3.8, 4) is 33.4 Å². The largest absolute Gasteiger partial charge is 0.313 e. The first-order chi connectivity index (χ1) is 26.1. The van der Waals surface area contributed by atoms with E-state index in [-0.39, 0.29) is 5.41 Å². The van der Waals surface area contributed by atoms with Gasteiger partial charge in [-0.05, 0) is 97.2 Å². The van der Waals surface area contributed by atoms with Crippen LogP contribution < -0.4 is 4.90 Å². The number of rotatable bonds is 4. The molecule has 1 unspecified atom stereocenters. The van der Waals surface area contributed by atoms with E-state index in [0.717, 1.165) is 6.42 Å². The second-order valence-corrected chi connectivity index (χ2v) is 15.6. The summed E-state index contributed by atoms with van der Waals surface area (Å²) in [7, 11) is 0. The van der Waals surface area contributed by atoms with Crippen molar-refractivity contribution >= 4 is 16.9 Å². The first-order valence-electron chi connectivity index (χ1n) is 19.0. The van der Waals surface area contributed by atoms with Crippen LogP contribution in [0.4, 0.5) is 11.4 Å². The van der Waals surface area contributed by atoms with Gasteiger partial charge in [-0.3, -0.25) is 0 Å². The summed E-state index contributed by atoms with van der Waals surface area (Å²) in [6, 6.07) is 63.4. The quantitative estimate of drug-likeness (QED) is 0.179. The summed E-state index contributed by atoms with van der Waals surface area (Å²) in [4.78, 5) is 2.62. The fourth-order valence-electron chi connectivity index (χ4n) is 10.5. The van der Waals surface area contributed by atoms with E-state index in [1.54, 1.807) is 0 Å². The highest BCUT2D eigenvalue weighted by Crippen LogP contribution is 2.65. The molecule has 1 nitrogen and oxygen atoms in total. The second-order valence-electron chi connectivity index (χ2n) is 15.6. The van der Waals surface area contributed by atoms with Gasteiger partial charge in [0.15, 0.2) is 0 Å². The third-order valence-corrected chi connectivity index (χ3v) is 12.8. The maximum Gasteiger partial charge on any atom is 0.0726 e. The average Bonchev–Trinajstić information content (AvgIpc) is 3.78. The Labute approximate surface area is 312 Å². The molecule has 4 aliphatic rings. The minimum Gasteiger partial charge on any atom is -0.313 e. The summed E-state index contributed by atoms with van der Waals surface area (Å²) >= 11 is 0. The van der Waals surface area contributed by atoms with Crippen molar-refractivity contribution in [3.63, 3.8) is 0 Å². The Balaban J connectivity index is 1.21. The summed E-state index contributed by atoms with van der Waals surface area (Å²) in [5, 5.41) is 0. The number of fused-ring (bicyclic) bond motifs is 13. The van der Waals surface area contributed by atoms with Gasteiger partial charge in [0, 0.05) is 16.8 Å². The molecule has 7 aromatic carbocycles. The maximum atomic E-state index is 2.62. The maximum absolute atomic E-state index is 2.62. The lowest BCUT2D eigenvalue weighted by Crippen LogP contribution is -2.29. The molecule has 0 radical (unpaired) electrons. The SMILES string of the molecule is CC1(C)c2ccccc2C2=CC=C(N(c3ccccc3-c3ccccc3)c3cccc4c3-c3ccccc3C43c4ccccc4-c4ccccc43)CC21. The summed E-state index contributed by atoms with van der Waals surface area (Å²) in [6.45, 7) is 4.88. The average molecular weight is 678 g/mol. The molecule has 1 heteroatoms. The van der Waals surface area contributed by atoms with Gasteiger partial charge in [0.2, 0.25) is 0 Å². The number of nitrogens with zero attached hydrogens (tertiary/aromatic N) is 1. The third kappa shape index (κ3) is 4.03. The minimum atomic E-state index is -0.400. The van der Waals surface area contributed by atoms with Crippen LogP contribution in [0, 0.1) is 5.92 Å². The van der Waals surface area contributed by atoms with Gasteiger partial charge in [-0.15, -0.1) is 0 Å². The zero-order chi connectivity index (χ0) is 35.3. The molecule has 0 bridgehead atoms. The molecule has 252 valence electrons. The third-order valence-electron chi connectivity index (χ3n) is 12.8. The van der Waals surface area contributed by atoms with E-state index in [1.807, 2.05) is 0 Å². The van der Waals surface area contributed by atoms with Crippen LogP contribution in [0.1, 0.15) is 53.6 Å². The van der Waals surface area contributed by atoms with E-state index in [9.17, 15) is 0 Å². The van der Waals surface area contributed by atoms with Crippen LogP contribution in [0.3, 0.4) is 0 Å². The molecule has 0 heterocycles. The molecule has 0 N–H and O–H groups in total. The first-order valence-corrected chi connectivity index (χ1v) is 19.0. The van der Waals surface area contributed by atoms with E-state index in [2.05, 4.69) is 201 Å². The molecular formula is C52H39N. The number of benzene rings is 7. The second kappa shape index (κ2) is 11.2. The van der Waals surface area contributed by atoms with Crippen molar-refractivity contribution in [3.05, 3.63) is 221 Å². The number of hydrogen-bond acceptors (Lipinski definition) is 1. The number of anilines is 2. The van der Waals surface area contributed by atoms with Crippen LogP contribution in [0.25, 0.3) is 39.0 Å². The number of para-hydroxylation sites is 1. The Bertz CT molecular complexity index is 2640. The van der Waals surface area contributed by atoms with E-state index < -0.39 is 5.41 Å². The van der Waals surface area contributed by atoms with Crippen molar-refractivity contribution in [2.75, 3.05) is 4.90 Å². The fraction of sp³-hybridized carbons (Fsp3) is 0.115.